The van der Waals surface area contributed by atoms with Gasteiger partial charge < -0.3 is 5.11 Å². The molecule has 2 rings (SSSR count). The second-order valence-electron chi connectivity index (χ2n) is 5.49. The maximum Gasteiger partial charge on any atom is 0.243 e. The zero-order valence-electron chi connectivity index (χ0n) is 11.8. The number of halogens is 2. The Morgan fingerprint density at radius 3 is 2.62 bits per heavy atom. The van der Waals surface area contributed by atoms with Gasteiger partial charge in [0.2, 0.25) is 10.0 Å². The molecule has 1 fully saturated rings. The monoisotopic (exact) mass is 335 g/mol. The molecule has 0 radical (unpaired) electrons. The Balaban J connectivity index is 2.28. The molecule has 1 aliphatic carbocycles. The summed E-state index contributed by atoms with van der Waals surface area (Å²) in [6.45, 7) is 1.19. The van der Waals surface area contributed by atoms with Crippen LogP contribution in [0.25, 0.3) is 0 Å². The molecule has 0 amide bonds. The van der Waals surface area contributed by atoms with Crippen molar-refractivity contribution in [3.8, 4) is 0 Å². The van der Waals surface area contributed by atoms with Gasteiger partial charge in [0, 0.05) is 16.6 Å². The molecule has 1 aromatic carbocycles. The highest BCUT2D eigenvalue weighted by molar-refractivity contribution is 7.89. The molecule has 118 valence electrons. The fourth-order valence-electron chi connectivity index (χ4n) is 2.79. The van der Waals surface area contributed by atoms with Gasteiger partial charge in [-0.3, -0.25) is 0 Å². The van der Waals surface area contributed by atoms with E-state index in [0.29, 0.717) is 0 Å². The summed E-state index contributed by atoms with van der Waals surface area (Å²) in [7, 11) is -4.00. The van der Waals surface area contributed by atoms with Crippen molar-refractivity contribution < 1.29 is 17.9 Å². The standard InChI is InChI=1S/C14H19ClFNO3S/c1-9(10-4-2-3-5-10)17-21(19,20)13-7-12(15)6-11(8-18)14(13)16/h6-7,9-10,17-18H,2-5,8H2,1H3. The van der Waals surface area contributed by atoms with E-state index in [1.165, 1.54) is 6.07 Å². The van der Waals surface area contributed by atoms with Gasteiger partial charge >= 0.3 is 0 Å². The molecule has 7 heteroatoms. The SMILES string of the molecule is CC(NS(=O)(=O)c1cc(Cl)cc(CO)c1F)C1CCCC1. The third-order valence-electron chi connectivity index (χ3n) is 3.99. The first-order chi connectivity index (χ1) is 9.85. The molecule has 1 unspecified atom stereocenters. The van der Waals surface area contributed by atoms with Crippen LogP contribution in [0.1, 0.15) is 38.2 Å². The lowest BCUT2D eigenvalue weighted by Gasteiger charge is -2.20. The molecule has 0 aromatic heterocycles. The normalized spacial score (nSPS) is 18.1. The average Bonchev–Trinajstić information content (AvgIpc) is 2.94. The highest BCUT2D eigenvalue weighted by Crippen LogP contribution is 2.29. The van der Waals surface area contributed by atoms with Crippen LogP contribution in [0.3, 0.4) is 0 Å². The number of nitrogens with one attached hydrogen (secondary N) is 1. The first kappa shape index (κ1) is 16.7. The fraction of sp³-hybridized carbons (Fsp3) is 0.571. The van der Waals surface area contributed by atoms with Crippen molar-refractivity contribution in [2.75, 3.05) is 0 Å². The maximum atomic E-state index is 14.1. The van der Waals surface area contributed by atoms with E-state index in [-0.39, 0.29) is 22.5 Å². The second kappa shape index (κ2) is 6.60. The van der Waals surface area contributed by atoms with Crippen LogP contribution in [0.4, 0.5) is 4.39 Å². The maximum absolute atomic E-state index is 14.1. The first-order valence-corrected chi connectivity index (χ1v) is 8.82. The number of rotatable bonds is 5. The number of hydrogen-bond acceptors (Lipinski definition) is 3. The summed E-state index contributed by atoms with van der Waals surface area (Å²) in [5.74, 6) is -0.674. The van der Waals surface area contributed by atoms with Gasteiger partial charge in [0.25, 0.3) is 0 Å². The molecular formula is C14H19ClFNO3S. The van der Waals surface area contributed by atoms with E-state index in [9.17, 15) is 12.8 Å². The van der Waals surface area contributed by atoms with E-state index >= 15 is 0 Å². The van der Waals surface area contributed by atoms with Gasteiger partial charge in [-0.15, -0.1) is 0 Å². The summed E-state index contributed by atoms with van der Waals surface area (Å²) >= 11 is 5.80. The molecule has 1 aromatic rings. The molecule has 2 N–H and O–H groups in total. The van der Waals surface area contributed by atoms with Crippen LogP contribution < -0.4 is 4.72 Å². The lowest BCUT2D eigenvalue weighted by atomic mass is 10.0. The molecule has 0 saturated heterocycles. The van der Waals surface area contributed by atoms with Gasteiger partial charge in [0.05, 0.1) is 6.61 Å². The molecule has 1 saturated carbocycles. The predicted octanol–water partition coefficient (Wildman–Crippen LogP) is 2.83. The lowest BCUT2D eigenvalue weighted by Crippen LogP contribution is -2.37. The summed E-state index contributed by atoms with van der Waals surface area (Å²) in [5.41, 5.74) is -0.128. The van der Waals surface area contributed by atoms with Gasteiger partial charge in [0.1, 0.15) is 10.7 Å². The van der Waals surface area contributed by atoms with Crippen LogP contribution in [0.2, 0.25) is 5.02 Å². The Labute approximate surface area is 129 Å². The smallest absolute Gasteiger partial charge is 0.243 e. The van der Waals surface area contributed by atoms with Crippen molar-refractivity contribution in [3.63, 3.8) is 0 Å². The molecule has 4 nitrogen and oxygen atoms in total. The van der Waals surface area contributed by atoms with E-state index in [0.717, 1.165) is 31.7 Å². The van der Waals surface area contributed by atoms with Gasteiger partial charge in [-0.1, -0.05) is 24.4 Å². The Morgan fingerprint density at radius 1 is 1.43 bits per heavy atom. The predicted molar refractivity (Wildman–Crippen MR) is 79.1 cm³/mol. The van der Waals surface area contributed by atoms with Crippen molar-refractivity contribution in [1.29, 1.82) is 0 Å². The number of aliphatic hydroxyl groups excluding tert-OH is 1. The summed E-state index contributed by atoms with van der Waals surface area (Å²) in [4.78, 5) is -0.510. The van der Waals surface area contributed by atoms with E-state index in [1.54, 1.807) is 6.92 Å². The second-order valence-corrected chi connectivity index (χ2v) is 7.61. The minimum atomic E-state index is -4.00. The van der Waals surface area contributed by atoms with E-state index < -0.39 is 27.3 Å². The van der Waals surface area contributed by atoms with Crippen molar-refractivity contribution in [1.82, 2.24) is 4.72 Å². The minimum Gasteiger partial charge on any atom is -0.392 e. The Kier molecular flexibility index (Phi) is 5.24. The van der Waals surface area contributed by atoms with E-state index in [1.807, 2.05) is 0 Å². The summed E-state index contributed by atoms with van der Waals surface area (Å²) in [6, 6.07) is 2.03. The Hall–Kier alpha value is -0.690. The summed E-state index contributed by atoms with van der Waals surface area (Å²) < 4.78 is 41.4. The van der Waals surface area contributed by atoms with Gasteiger partial charge in [0.15, 0.2) is 0 Å². The van der Waals surface area contributed by atoms with Crippen molar-refractivity contribution in [2.45, 2.75) is 50.2 Å². The molecular weight excluding hydrogens is 317 g/mol. The van der Waals surface area contributed by atoms with Gasteiger partial charge in [-0.25, -0.2) is 17.5 Å². The molecule has 0 aliphatic heterocycles. The van der Waals surface area contributed by atoms with Crippen LogP contribution in [-0.2, 0) is 16.6 Å². The number of benzene rings is 1. The van der Waals surface area contributed by atoms with Crippen molar-refractivity contribution in [2.24, 2.45) is 5.92 Å². The molecule has 0 spiro atoms. The van der Waals surface area contributed by atoms with E-state index in [4.69, 9.17) is 16.7 Å². The fourth-order valence-corrected chi connectivity index (χ4v) is 4.55. The molecule has 0 heterocycles. The van der Waals surface area contributed by atoms with Crippen LogP contribution in [0.15, 0.2) is 17.0 Å². The lowest BCUT2D eigenvalue weighted by molar-refractivity contribution is 0.274. The minimum absolute atomic E-state index is 0.0781. The topological polar surface area (TPSA) is 66.4 Å². The molecule has 1 aliphatic rings. The Morgan fingerprint density at radius 2 is 2.05 bits per heavy atom. The third kappa shape index (κ3) is 3.74. The highest BCUT2D eigenvalue weighted by Gasteiger charge is 2.28. The van der Waals surface area contributed by atoms with Crippen molar-refractivity contribution in [3.05, 3.63) is 28.5 Å². The number of sulfonamides is 1. The largest absolute Gasteiger partial charge is 0.392 e. The van der Waals surface area contributed by atoms with Crippen molar-refractivity contribution >= 4 is 21.6 Å². The zero-order valence-corrected chi connectivity index (χ0v) is 13.3. The van der Waals surface area contributed by atoms with Crippen LogP contribution >= 0.6 is 11.6 Å². The first-order valence-electron chi connectivity index (χ1n) is 6.96. The van der Waals surface area contributed by atoms with Gasteiger partial charge in [-0.05, 0) is 37.8 Å². The highest BCUT2D eigenvalue weighted by atomic mass is 35.5. The average molecular weight is 336 g/mol. The summed E-state index contributed by atoms with van der Waals surface area (Å²) in [6.07, 6.45) is 4.14. The van der Waals surface area contributed by atoms with Gasteiger partial charge in [-0.2, -0.15) is 0 Å². The van der Waals surface area contributed by atoms with Crippen LogP contribution in [0.5, 0.6) is 0 Å². The van der Waals surface area contributed by atoms with Crippen LogP contribution in [0, 0.1) is 11.7 Å². The molecule has 1 atom stereocenters. The Bertz CT molecular complexity index is 615. The quantitative estimate of drug-likeness (QED) is 0.869. The van der Waals surface area contributed by atoms with Crippen LogP contribution in [-0.4, -0.2) is 19.6 Å². The zero-order chi connectivity index (χ0) is 15.6. The molecule has 21 heavy (non-hydrogen) atoms. The molecule has 0 bridgehead atoms. The summed E-state index contributed by atoms with van der Waals surface area (Å²) in [5, 5.41) is 9.15. The third-order valence-corrected chi connectivity index (χ3v) is 5.76. The number of hydrogen-bond donors (Lipinski definition) is 2. The number of aliphatic hydroxyl groups is 1. The van der Waals surface area contributed by atoms with E-state index in [2.05, 4.69) is 4.72 Å².